The van der Waals surface area contributed by atoms with Crippen molar-refractivity contribution in [2.75, 3.05) is 0 Å². The summed E-state index contributed by atoms with van der Waals surface area (Å²) in [5.41, 5.74) is 2.64. The van der Waals surface area contributed by atoms with Gasteiger partial charge in [-0.15, -0.1) is 0 Å². The number of benzene rings is 1. The third kappa shape index (κ3) is 3.30. The summed E-state index contributed by atoms with van der Waals surface area (Å²) in [6, 6.07) is 9.50. The highest BCUT2D eigenvalue weighted by Crippen LogP contribution is 2.37. The molecule has 3 heterocycles. The number of hydrogen-bond acceptors (Lipinski definition) is 3. The van der Waals surface area contributed by atoms with Gasteiger partial charge in [0.25, 0.3) is 0 Å². The van der Waals surface area contributed by atoms with Crippen LogP contribution in [0.3, 0.4) is 0 Å². The normalized spacial score (nSPS) is 13.2. The van der Waals surface area contributed by atoms with Crippen LogP contribution >= 0.6 is 59.4 Å². The average Bonchev–Trinajstić information content (AvgIpc) is 2.96. The van der Waals surface area contributed by atoms with E-state index in [4.69, 9.17) is 21.3 Å². The van der Waals surface area contributed by atoms with Crippen LogP contribution in [0.4, 0.5) is 5.69 Å². The third-order valence-corrected chi connectivity index (χ3v) is 5.45. The molecule has 1 aliphatic rings. The number of fused-ring (bicyclic) bond motifs is 1. The van der Waals surface area contributed by atoms with E-state index in [-0.39, 0.29) is 0 Å². The van der Waals surface area contributed by atoms with Gasteiger partial charge in [-0.05, 0) is 62.2 Å². The van der Waals surface area contributed by atoms with Gasteiger partial charge in [-0.3, -0.25) is 4.57 Å². The molecule has 0 amide bonds. The van der Waals surface area contributed by atoms with Crippen LogP contribution in [0, 0.1) is 0 Å². The molecule has 0 aliphatic carbocycles. The number of aromatic nitrogens is 2. The minimum atomic E-state index is 0.435. The largest absolute Gasteiger partial charge is 0.471 e. The topological polar surface area (TPSA) is 39.4 Å². The van der Waals surface area contributed by atoms with Crippen molar-refractivity contribution in [3.63, 3.8) is 0 Å². The Morgan fingerprint density at radius 3 is 2.76 bits per heavy atom. The Balaban J connectivity index is 1.87. The van der Waals surface area contributed by atoms with E-state index in [2.05, 4.69) is 52.8 Å². The number of aliphatic imine (C=N–C) groups is 1. The fraction of sp³-hybridized carbons (Fsp3) is 0.0588. The number of halogens is 4. The molecule has 0 spiro atoms. The molecule has 4 rings (SSSR count). The maximum atomic E-state index is 6.31. The molecule has 25 heavy (non-hydrogen) atoms. The van der Waals surface area contributed by atoms with E-state index in [0.29, 0.717) is 23.3 Å². The van der Waals surface area contributed by atoms with Crippen LogP contribution in [0.5, 0.6) is 0 Å². The van der Waals surface area contributed by atoms with Gasteiger partial charge in [0.05, 0.1) is 10.7 Å². The van der Waals surface area contributed by atoms with Crippen molar-refractivity contribution in [1.29, 1.82) is 0 Å². The fourth-order valence-corrected chi connectivity index (χ4v) is 4.63. The average molecular weight is 546 g/mol. The monoisotopic (exact) mass is 543 g/mol. The van der Waals surface area contributed by atoms with E-state index in [0.717, 1.165) is 30.4 Å². The lowest BCUT2D eigenvalue weighted by atomic mass is 10.2. The molecule has 0 saturated heterocycles. The molecule has 2 aromatic heterocycles. The molecular weight excluding hydrogens is 537 g/mol. The van der Waals surface area contributed by atoms with Gasteiger partial charge in [-0.25, -0.2) is 9.98 Å². The van der Waals surface area contributed by atoms with Crippen LogP contribution < -0.4 is 0 Å². The second kappa shape index (κ2) is 6.87. The fourth-order valence-electron chi connectivity index (χ4n) is 2.59. The smallest absolute Gasteiger partial charge is 0.239 e. The molecule has 8 heteroatoms. The summed E-state index contributed by atoms with van der Waals surface area (Å²) in [5, 5.41) is 0.550. The first-order chi connectivity index (χ1) is 12.0. The number of ether oxygens (including phenoxy) is 1. The molecule has 0 unspecified atom stereocenters. The molecule has 0 saturated carbocycles. The molecular formula is C17H9Br3ClN3O. The van der Waals surface area contributed by atoms with Gasteiger partial charge in [0, 0.05) is 31.4 Å². The molecule has 0 N–H and O–H groups in total. The van der Waals surface area contributed by atoms with E-state index in [1.54, 1.807) is 18.3 Å². The predicted octanol–water partition coefficient (Wildman–Crippen LogP) is 6.42. The third-order valence-electron chi connectivity index (χ3n) is 3.66. The minimum Gasteiger partial charge on any atom is -0.471 e. The Morgan fingerprint density at radius 1 is 1.12 bits per heavy atom. The van der Waals surface area contributed by atoms with E-state index in [1.165, 1.54) is 0 Å². The van der Waals surface area contributed by atoms with Gasteiger partial charge in [0.1, 0.15) is 12.3 Å². The summed E-state index contributed by atoms with van der Waals surface area (Å²) in [5.74, 6) is 1.14. The standard InChI is InChI=1S/C17H9Br3ClN3O/c18-10-4-9-8-25-17(23-15(9)12(20)5-10)14-6-11(19)7-24(14)16-13(21)2-1-3-22-16/h1-7H,8H2. The van der Waals surface area contributed by atoms with E-state index in [9.17, 15) is 0 Å². The van der Waals surface area contributed by atoms with E-state index in [1.807, 2.05) is 29.0 Å². The predicted molar refractivity (Wildman–Crippen MR) is 109 cm³/mol. The number of pyridine rings is 1. The molecule has 0 atom stereocenters. The zero-order chi connectivity index (χ0) is 17.6. The van der Waals surface area contributed by atoms with Gasteiger partial charge in [-0.2, -0.15) is 0 Å². The lowest BCUT2D eigenvalue weighted by Crippen LogP contribution is -2.15. The number of nitrogens with zero attached hydrogens (tertiary/aromatic N) is 3. The Morgan fingerprint density at radius 2 is 1.96 bits per heavy atom. The summed E-state index contributed by atoms with van der Waals surface area (Å²) in [7, 11) is 0. The molecule has 1 aromatic carbocycles. The van der Waals surface area contributed by atoms with Crippen LogP contribution in [0.15, 0.2) is 61.1 Å². The number of rotatable bonds is 2. The summed E-state index contributed by atoms with van der Waals surface area (Å²) in [6.07, 6.45) is 3.59. The van der Waals surface area contributed by atoms with Gasteiger partial charge in [0.15, 0.2) is 5.82 Å². The van der Waals surface area contributed by atoms with Crippen LogP contribution in [0.25, 0.3) is 5.82 Å². The van der Waals surface area contributed by atoms with Gasteiger partial charge < -0.3 is 4.74 Å². The van der Waals surface area contributed by atoms with Crippen LogP contribution in [-0.2, 0) is 11.3 Å². The summed E-state index contributed by atoms with van der Waals surface area (Å²) >= 11 is 16.9. The highest BCUT2D eigenvalue weighted by Gasteiger charge is 2.22. The lowest BCUT2D eigenvalue weighted by molar-refractivity contribution is 0.287. The maximum Gasteiger partial charge on any atom is 0.239 e. The first-order valence-corrected chi connectivity index (χ1v) is 9.97. The van der Waals surface area contributed by atoms with E-state index >= 15 is 0 Å². The maximum absolute atomic E-state index is 6.31. The molecule has 0 radical (unpaired) electrons. The van der Waals surface area contributed by atoms with Crippen molar-refractivity contribution < 1.29 is 4.74 Å². The van der Waals surface area contributed by atoms with Crippen LogP contribution in [-0.4, -0.2) is 15.4 Å². The SMILES string of the molecule is Clc1cccnc1-n1cc(Br)cc1C1=Nc2c(Br)cc(Br)cc2CO1. The highest BCUT2D eigenvalue weighted by atomic mass is 79.9. The second-order valence-corrected chi connectivity index (χ2v) is 8.42. The quantitative estimate of drug-likeness (QED) is 0.372. The lowest BCUT2D eigenvalue weighted by Gasteiger charge is -2.19. The minimum absolute atomic E-state index is 0.435. The Kier molecular flexibility index (Phi) is 4.75. The molecule has 4 nitrogen and oxygen atoms in total. The Bertz CT molecular complexity index is 1020. The van der Waals surface area contributed by atoms with Crippen LogP contribution in [0.1, 0.15) is 11.3 Å². The van der Waals surface area contributed by atoms with Crippen molar-refractivity contribution in [3.8, 4) is 5.82 Å². The van der Waals surface area contributed by atoms with Crippen LogP contribution in [0.2, 0.25) is 5.02 Å². The van der Waals surface area contributed by atoms with E-state index < -0.39 is 0 Å². The molecule has 126 valence electrons. The zero-order valence-electron chi connectivity index (χ0n) is 12.5. The summed E-state index contributed by atoms with van der Waals surface area (Å²) in [4.78, 5) is 9.07. The molecule has 3 aromatic rings. The Hall–Kier alpha value is -1.15. The highest BCUT2D eigenvalue weighted by molar-refractivity contribution is 9.11. The first kappa shape index (κ1) is 17.3. The van der Waals surface area contributed by atoms with Crippen molar-refractivity contribution in [3.05, 3.63) is 72.4 Å². The Labute approximate surface area is 174 Å². The van der Waals surface area contributed by atoms with Crippen molar-refractivity contribution in [2.45, 2.75) is 6.61 Å². The van der Waals surface area contributed by atoms with Gasteiger partial charge in [-0.1, -0.05) is 27.5 Å². The molecule has 0 bridgehead atoms. The number of hydrogen-bond donors (Lipinski definition) is 0. The van der Waals surface area contributed by atoms with Crippen molar-refractivity contribution in [1.82, 2.24) is 9.55 Å². The second-order valence-electron chi connectivity index (χ2n) is 5.32. The molecule has 0 fully saturated rings. The summed E-state index contributed by atoms with van der Waals surface area (Å²) < 4.78 is 10.5. The van der Waals surface area contributed by atoms with Crippen molar-refractivity contribution in [2.24, 2.45) is 4.99 Å². The molecule has 1 aliphatic heterocycles. The first-order valence-electron chi connectivity index (χ1n) is 7.21. The van der Waals surface area contributed by atoms with Gasteiger partial charge >= 0.3 is 0 Å². The van der Waals surface area contributed by atoms with Gasteiger partial charge in [0.2, 0.25) is 5.90 Å². The van der Waals surface area contributed by atoms with Crippen molar-refractivity contribution >= 4 is 71.0 Å². The summed E-state index contributed by atoms with van der Waals surface area (Å²) in [6.45, 7) is 0.435. The zero-order valence-corrected chi connectivity index (χ0v) is 18.0.